The van der Waals surface area contributed by atoms with E-state index >= 15 is 0 Å². The summed E-state index contributed by atoms with van der Waals surface area (Å²) in [6, 6.07) is 2.49. The molecule has 0 radical (unpaired) electrons. The number of nitrogens with zero attached hydrogens (tertiary/aromatic N) is 2. The van der Waals surface area contributed by atoms with E-state index in [4.69, 9.17) is 4.74 Å². The van der Waals surface area contributed by atoms with Gasteiger partial charge in [0, 0.05) is 24.9 Å². The predicted molar refractivity (Wildman–Crippen MR) is 80.9 cm³/mol. The minimum Gasteiger partial charge on any atom is -0.460 e. The second-order valence-corrected chi connectivity index (χ2v) is 6.93. The molecular formula is C16H25N3O2. The molecule has 5 nitrogen and oxygen atoms in total. The topological polar surface area (TPSA) is 64.1 Å². The number of amides is 1. The molecule has 1 fully saturated rings. The van der Waals surface area contributed by atoms with E-state index in [1.807, 2.05) is 0 Å². The van der Waals surface area contributed by atoms with Crippen LogP contribution in [0.4, 0.5) is 0 Å². The van der Waals surface area contributed by atoms with Gasteiger partial charge >= 0.3 is 6.01 Å². The molecule has 0 aliphatic heterocycles. The Bertz CT molecular complexity index is 448. The lowest BCUT2D eigenvalue weighted by atomic mass is 9.90. The average molecular weight is 291 g/mol. The van der Waals surface area contributed by atoms with Gasteiger partial charge in [0.15, 0.2) is 0 Å². The van der Waals surface area contributed by atoms with Gasteiger partial charge in [0.25, 0.3) is 0 Å². The molecule has 2 rings (SSSR count). The molecule has 0 bridgehead atoms. The third-order valence-corrected chi connectivity index (χ3v) is 3.54. The number of hydrogen-bond donors (Lipinski definition) is 1. The van der Waals surface area contributed by atoms with Crippen LogP contribution in [0, 0.1) is 5.41 Å². The zero-order valence-corrected chi connectivity index (χ0v) is 13.1. The first-order valence-corrected chi connectivity index (χ1v) is 7.65. The molecule has 1 aliphatic rings. The molecule has 0 unspecified atom stereocenters. The summed E-state index contributed by atoms with van der Waals surface area (Å²) >= 11 is 0. The minimum atomic E-state index is 0.0368. The highest BCUT2D eigenvalue weighted by molar-refractivity contribution is 5.76. The Kier molecular flexibility index (Phi) is 5.15. The maximum Gasteiger partial charge on any atom is 0.316 e. The largest absolute Gasteiger partial charge is 0.460 e. The molecule has 21 heavy (non-hydrogen) atoms. The molecule has 1 saturated carbocycles. The van der Waals surface area contributed by atoms with Gasteiger partial charge in [0.05, 0.1) is 0 Å². The number of ether oxygens (including phenoxy) is 1. The van der Waals surface area contributed by atoms with Gasteiger partial charge in [-0.05, 0) is 37.2 Å². The van der Waals surface area contributed by atoms with E-state index in [0.29, 0.717) is 12.4 Å². The Morgan fingerprint density at radius 3 is 2.43 bits per heavy atom. The Hall–Kier alpha value is -1.65. The van der Waals surface area contributed by atoms with E-state index in [0.717, 1.165) is 25.7 Å². The fraction of sp³-hybridized carbons (Fsp3) is 0.688. The number of carbonyl (C=O) groups is 1. The van der Waals surface area contributed by atoms with Crippen LogP contribution in [0.15, 0.2) is 18.5 Å². The molecule has 1 aromatic heterocycles. The van der Waals surface area contributed by atoms with Crippen LogP contribution in [-0.4, -0.2) is 28.0 Å². The summed E-state index contributed by atoms with van der Waals surface area (Å²) in [5, 5.41) is 3.13. The Morgan fingerprint density at radius 2 is 1.86 bits per heavy atom. The van der Waals surface area contributed by atoms with Crippen LogP contribution in [-0.2, 0) is 4.79 Å². The quantitative estimate of drug-likeness (QED) is 0.926. The summed E-state index contributed by atoms with van der Waals surface area (Å²) in [6.45, 7) is 6.24. The van der Waals surface area contributed by atoms with Crippen molar-refractivity contribution in [2.24, 2.45) is 5.41 Å². The molecular weight excluding hydrogens is 266 g/mol. The summed E-state index contributed by atoms with van der Waals surface area (Å²) in [4.78, 5) is 20.1. The summed E-state index contributed by atoms with van der Waals surface area (Å²) in [7, 11) is 0. The number of hydrogen-bond acceptors (Lipinski definition) is 4. The first-order valence-electron chi connectivity index (χ1n) is 7.65. The average Bonchev–Trinajstić information content (AvgIpc) is 2.40. The van der Waals surface area contributed by atoms with Crippen molar-refractivity contribution in [1.82, 2.24) is 15.3 Å². The van der Waals surface area contributed by atoms with Crippen LogP contribution in [0.3, 0.4) is 0 Å². The highest BCUT2D eigenvalue weighted by Gasteiger charge is 2.25. The Labute approximate surface area is 126 Å². The molecule has 5 heteroatoms. The van der Waals surface area contributed by atoms with Crippen LogP contribution in [0.1, 0.15) is 52.9 Å². The van der Waals surface area contributed by atoms with E-state index < -0.39 is 0 Å². The van der Waals surface area contributed by atoms with Crippen LogP contribution in [0.5, 0.6) is 6.01 Å². The van der Waals surface area contributed by atoms with Gasteiger partial charge in [-0.3, -0.25) is 4.79 Å². The van der Waals surface area contributed by atoms with Crippen molar-refractivity contribution < 1.29 is 9.53 Å². The fourth-order valence-electron chi connectivity index (χ4n) is 2.58. The molecule has 116 valence electrons. The molecule has 0 saturated heterocycles. The zero-order chi connectivity index (χ0) is 15.3. The highest BCUT2D eigenvalue weighted by Crippen LogP contribution is 2.23. The van der Waals surface area contributed by atoms with Gasteiger partial charge in [0.2, 0.25) is 5.91 Å². The van der Waals surface area contributed by atoms with Crippen LogP contribution >= 0.6 is 0 Å². The molecule has 1 amide bonds. The third-order valence-electron chi connectivity index (χ3n) is 3.54. The van der Waals surface area contributed by atoms with Crippen molar-refractivity contribution in [2.75, 3.05) is 0 Å². The second-order valence-electron chi connectivity index (χ2n) is 6.93. The minimum absolute atomic E-state index is 0.0368. The van der Waals surface area contributed by atoms with E-state index in [9.17, 15) is 4.79 Å². The molecule has 1 N–H and O–H groups in total. The summed E-state index contributed by atoms with van der Waals surface area (Å²) < 4.78 is 5.75. The summed E-state index contributed by atoms with van der Waals surface area (Å²) in [6.07, 6.45) is 7.85. The maximum atomic E-state index is 11.9. The van der Waals surface area contributed by atoms with E-state index in [2.05, 4.69) is 36.1 Å². The van der Waals surface area contributed by atoms with Gasteiger partial charge < -0.3 is 10.1 Å². The first kappa shape index (κ1) is 15.7. The van der Waals surface area contributed by atoms with Crippen LogP contribution < -0.4 is 10.1 Å². The van der Waals surface area contributed by atoms with Crippen LogP contribution in [0.2, 0.25) is 0 Å². The Morgan fingerprint density at radius 1 is 1.24 bits per heavy atom. The van der Waals surface area contributed by atoms with Crippen molar-refractivity contribution in [3.63, 3.8) is 0 Å². The van der Waals surface area contributed by atoms with Crippen molar-refractivity contribution >= 4 is 5.91 Å². The lowest BCUT2D eigenvalue weighted by Crippen LogP contribution is -2.40. The van der Waals surface area contributed by atoms with Gasteiger partial charge in [-0.2, -0.15) is 0 Å². The predicted octanol–water partition coefficient (Wildman–Crippen LogP) is 2.72. The number of aromatic nitrogens is 2. The summed E-state index contributed by atoms with van der Waals surface area (Å²) in [5.41, 5.74) is 0.0368. The Balaban J connectivity index is 1.72. The van der Waals surface area contributed by atoms with Crippen molar-refractivity contribution in [1.29, 1.82) is 0 Å². The van der Waals surface area contributed by atoms with Crippen molar-refractivity contribution in [2.45, 2.75) is 65.0 Å². The number of rotatable bonds is 4. The van der Waals surface area contributed by atoms with E-state index in [1.165, 1.54) is 0 Å². The lowest BCUT2D eigenvalue weighted by Gasteiger charge is -2.29. The highest BCUT2D eigenvalue weighted by atomic mass is 16.5. The SMILES string of the molecule is CC(C)(C)CC(=O)NC1CCC(Oc2ncccn2)CC1. The molecule has 0 atom stereocenters. The zero-order valence-electron chi connectivity index (χ0n) is 13.1. The van der Waals surface area contributed by atoms with Crippen molar-refractivity contribution in [3.8, 4) is 6.01 Å². The summed E-state index contributed by atoms with van der Waals surface area (Å²) in [5.74, 6) is 0.151. The molecule has 1 heterocycles. The van der Waals surface area contributed by atoms with Gasteiger partial charge in [-0.1, -0.05) is 20.8 Å². The first-order chi connectivity index (χ1) is 9.92. The van der Waals surface area contributed by atoms with Gasteiger partial charge in [0.1, 0.15) is 6.10 Å². The fourth-order valence-corrected chi connectivity index (χ4v) is 2.58. The van der Waals surface area contributed by atoms with E-state index in [-0.39, 0.29) is 23.5 Å². The molecule has 0 spiro atoms. The third kappa shape index (κ3) is 5.69. The molecule has 0 aromatic carbocycles. The van der Waals surface area contributed by atoms with E-state index in [1.54, 1.807) is 18.5 Å². The maximum absolute atomic E-state index is 11.9. The number of carbonyl (C=O) groups excluding carboxylic acids is 1. The van der Waals surface area contributed by atoms with Gasteiger partial charge in [-0.25, -0.2) is 9.97 Å². The molecule has 1 aliphatic carbocycles. The molecule has 1 aromatic rings. The standard InChI is InChI=1S/C16H25N3O2/c1-16(2,3)11-14(20)19-12-5-7-13(8-6-12)21-15-17-9-4-10-18-15/h4,9-10,12-13H,5-8,11H2,1-3H3,(H,19,20). The lowest BCUT2D eigenvalue weighted by molar-refractivity contribution is -0.123. The normalized spacial score (nSPS) is 22.6. The van der Waals surface area contributed by atoms with Crippen LogP contribution in [0.25, 0.3) is 0 Å². The van der Waals surface area contributed by atoms with Crippen molar-refractivity contribution in [3.05, 3.63) is 18.5 Å². The monoisotopic (exact) mass is 291 g/mol. The smallest absolute Gasteiger partial charge is 0.316 e. The van der Waals surface area contributed by atoms with Gasteiger partial charge in [-0.15, -0.1) is 0 Å². The number of nitrogens with one attached hydrogen (secondary N) is 1. The second kappa shape index (κ2) is 6.87.